The Morgan fingerprint density at radius 2 is 2.00 bits per heavy atom. The molecule has 0 atom stereocenters. The van der Waals surface area contributed by atoms with Gasteiger partial charge in [0.15, 0.2) is 17.3 Å². The van der Waals surface area contributed by atoms with Gasteiger partial charge in [-0.2, -0.15) is 15.1 Å². The van der Waals surface area contributed by atoms with E-state index in [0.29, 0.717) is 33.9 Å². The molecule has 2 aromatic carbocycles. The van der Waals surface area contributed by atoms with Gasteiger partial charge in [0.2, 0.25) is 5.17 Å². The van der Waals surface area contributed by atoms with Crippen molar-refractivity contribution in [3.05, 3.63) is 58.6 Å². The Hall–Kier alpha value is -2.75. The van der Waals surface area contributed by atoms with Crippen LogP contribution in [0.25, 0.3) is 6.08 Å². The van der Waals surface area contributed by atoms with Crippen molar-refractivity contribution in [3.8, 4) is 11.5 Å². The van der Waals surface area contributed by atoms with Crippen LogP contribution < -0.4 is 9.47 Å². The highest BCUT2D eigenvalue weighted by Crippen LogP contribution is 2.32. The number of benzene rings is 2. The molecule has 176 valence electrons. The van der Waals surface area contributed by atoms with E-state index in [1.165, 1.54) is 16.8 Å². The minimum absolute atomic E-state index is 0.0205. The molecule has 2 heterocycles. The Balaban J connectivity index is 1.43. The number of ether oxygens (including phenoxy) is 2. The predicted octanol–water partition coefficient (Wildman–Crippen LogP) is 5.94. The maximum Gasteiger partial charge on any atom is 0.283 e. The number of hydrogen-bond acceptors (Lipinski definition) is 7. The molecule has 0 aliphatic carbocycles. The average Bonchev–Trinajstić information content (AvgIpc) is 3.24. The third kappa shape index (κ3) is 5.65. The fourth-order valence-electron chi connectivity index (χ4n) is 3.25. The summed E-state index contributed by atoms with van der Waals surface area (Å²) in [5.41, 5.74) is 0.886. The summed E-state index contributed by atoms with van der Waals surface area (Å²) in [5, 5.41) is 16.4. The summed E-state index contributed by atoms with van der Waals surface area (Å²) in [6.45, 7) is 2.55. The van der Waals surface area contributed by atoms with Crippen LogP contribution in [0.15, 0.2) is 63.0 Å². The molecule has 1 amide bonds. The lowest BCUT2D eigenvalue weighted by molar-refractivity contribution is -0.114. The molecule has 0 saturated heterocycles. The van der Waals surface area contributed by atoms with Crippen LogP contribution in [0.2, 0.25) is 5.02 Å². The monoisotopic (exact) mass is 514 g/mol. The SMILES string of the molecule is CCCC1=NN2C(=N)/C(=C/c3ccc(OCCSc4ccc(Cl)cc4)c(OC)c3)C(=O)N=C2S1. The van der Waals surface area contributed by atoms with Crippen molar-refractivity contribution in [1.29, 1.82) is 5.41 Å². The first kappa shape index (κ1) is 24.4. The van der Waals surface area contributed by atoms with Crippen LogP contribution in [-0.2, 0) is 4.79 Å². The summed E-state index contributed by atoms with van der Waals surface area (Å²) in [6.07, 6.45) is 3.36. The summed E-state index contributed by atoms with van der Waals surface area (Å²) in [5.74, 6) is 1.49. The molecule has 0 bridgehead atoms. The Morgan fingerprint density at radius 3 is 2.74 bits per heavy atom. The van der Waals surface area contributed by atoms with Crippen molar-refractivity contribution in [2.75, 3.05) is 19.5 Å². The first-order valence-corrected chi connectivity index (χ1v) is 12.8. The van der Waals surface area contributed by atoms with E-state index in [0.717, 1.165) is 28.5 Å². The summed E-state index contributed by atoms with van der Waals surface area (Å²) < 4.78 is 11.4. The Labute approximate surface area is 211 Å². The van der Waals surface area contributed by atoms with Crippen LogP contribution in [0.5, 0.6) is 11.5 Å². The standard InChI is InChI=1S/C24H23ClN4O3S2/c1-3-4-21-28-29-22(26)18(23(30)27-24(29)34-21)13-15-5-10-19(20(14-15)31-2)32-11-12-33-17-8-6-16(25)7-9-17/h5-10,13-14,26H,3-4,11-12H2,1-2H3/b18-13-,26-22?. The average molecular weight is 515 g/mol. The van der Waals surface area contributed by atoms with E-state index < -0.39 is 5.91 Å². The molecule has 0 aromatic heterocycles. The molecular formula is C24H23ClN4O3S2. The number of hydrogen-bond donors (Lipinski definition) is 1. The maximum atomic E-state index is 12.6. The summed E-state index contributed by atoms with van der Waals surface area (Å²) in [4.78, 5) is 17.8. The van der Waals surface area contributed by atoms with Gasteiger partial charge >= 0.3 is 0 Å². The van der Waals surface area contributed by atoms with Gasteiger partial charge in [-0.3, -0.25) is 10.2 Å². The number of halogens is 1. The quantitative estimate of drug-likeness (QED) is 0.253. The summed E-state index contributed by atoms with van der Waals surface area (Å²) in [7, 11) is 1.57. The van der Waals surface area contributed by atoms with Gasteiger partial charge in [0.25, 0.3) is 5.91 Å². The number of carbonyl (C=O) groups excluding carboxylic acids is 1. The third-order valence-electron chi connectivity index (χ3n) is 4.88. The van der Waals surface area contributed by atoms with Crippen molar-refractivity contribution >= 4 is 63.2 Å². The molecule has 0 saturated carbocycles. The van der Waals surface area contributed by atoms with Crippen molar-refractivity contribution in [1.82, 2.24) is 5.01 Å². The number of fused-ring (bicyclic) bond motifs is 1. The smallest absolute Gasteiger partial charge is 0.283 e. The minimum Gasteiger partial charge on any atom is -0.493 e. The predicted molar refractivity (Wildman–Crippen MR) is 141 cm³/mol. The molecule has 1 N–H and O–H groups in total. The molecule has 4 rings (SSSR count). The topological polar surface area (TPSA) is 87.3 Å². The number of carbonyl (C=O) groups is 1. The fourth-order valence-corrected chi connectivity index (χ4v) is 5.09. The van der Waals surface area contributed by atoms with Crippen LogP contribution >= 0.6 is 35.1 Å². The fraction of sp³-hybridized carbons (Fsp3) is 0.250. The number of rotatable bonds is 9. The van der Waals surface area contributed by atoms with Crippen molar-refractivity contribution < 1.29 is 14.3 Å². The second kappa shape index (κ2) is 11.1. The third-order valence-corrected chi connectivity index (χ3v) is 7.08. The van der Waals surface area contributed by atoms with Gasteiger partial charge in [0, 0.05) is 15.7 Å². The van der Waals surface area contributed by atoms with Gasteiger partial charge < -0.3 is 9.47 Å². The van der Waals surface area contributed by atoms with Crippen molar-refractivity contribution in [3.63, 3.8) is 0 Å². The highest BCUT2D eigenvalue weighted by Gasteiger charge is 2.35. The lowest BCUT2D eigenvalue weighted by atomic mass is 10.1. The number of aliphatic imine (C=N–C) groups is 1. The molecule has 2 aliphatic rings. The maximum absolute atomic E-state index is 12.6. The number of thioether (sulfide) groups is 2. The highest BCUT2D eigenvalue weighted by molar-refractivity contribution is 8.26. The van der Waals surface area contributed by atoms with Gasteiger partial charge in [-0.05, 0) is 72.6 Å². The second-order valence-electron chi connectivity index (χ2n) is 7.32. The van der Waals surface area contributed by atoms with Crippen LogP contribution in [0.3, 0.4) is 0 Å². The van der Waals surface area contributed by atoms with Crippen LogP contribution in [-0.4, -0.2) is 46.4 Å². The van der Waals surface area contributed by atoms with E-state index in [9.17, 15) is 4.79 Å². The lowest BCUT2D eigenvalue weighted by Crippen LogP contribution is -2.35. The van der Waals surface area contributed by atoms with Crippen molar-refractivity contribution in [2.45, 2.75) is 24.7 Å². The van der Waals surface area contributed by atoms with Crippen LogP contribution in [0.1, 0.15) is 25.3 Å². The van der Waals surface area contributed by atoms with Gasteiger partial charge in [-0.15, -0.1) is 11.8 Å². The van der Waals surface area contributed by atoms with E-state index in [4.69, 9.17) is 26.5 Å². The van der Waals surface area contributed by atoms with E-state index in [-0.39, 0.29) is 11.4 Å². The summed E-state index contributed by atoms with van der Waals surface area (Å²) in [6, 6.07) is 13.1. The van der Waals surface area contributed by atoms with Crippen molar-refractivity contribution in [2.24, 2.45) is 10.1 Å². The van der Waals surface area contributed by atoms with Gasteiger partial charge in [-0.1, -0.05) is 24.6 Å². The molecule has 0 spiro atoms. The minimum atomic E-state index is -0.449. The number of amides is 1. The van der Waals surface area contributed by atoms with E-state index in [1.807, 2.05) is 30.3 Å². The summed E-state index contributed by atoms with van der Waals surface area (Å²) >= 11 is 8.94. The highest BCUT2D eigenvalue weighted by atomic mass is 35.5. The Kier molecular flexibility index (Phi) is 7.97. The molecule has 2 aromatic rings. The number of nitrogens with zero attached hydrogens (tertiary/aromatic N) is 3. The van der Waals surface area contributed by atoms with E-state index in [1.54, 1.807) is 37.1 Å². The zero-order valence-corrected chi connectivity index (χ0v) is 21.1. The molecule has 34 heavy (non-hydrogen) atoms. The zero-order valence-electron chi connectivity index (χ0n) is 18.7. The van der Waals surface area contributed by atoms with Gasteiger partial charge in [-0.25, -0.2) is 0 Å². The molecule has 0 fully saturated rings. The molecule has 0 radical (unpaired) electrons. The number of methoxy groups -OCH3 is 1. The van der Waals surface area contributed by atoms with Crippen LogP contribution in [0, 0.1) is 5.41 Å². The van der Waals surface area contributed by atoms with E-state index in [2.05, 4.69) is 17.0 Å². The normalized spacial score (nSPS) is 16.4. The zero-order chi connectivity index (χ0) is 24.1. The van der Waals surface area contributed by atoms with Crippen LogP contribution in [0.4, 0.5) is 0 Å². The van der Waals surface area contributed by atoms with Gasteiger partial charge in [0.05, 0.1) is 19.3 Å². The molecule has 0 unspecified atom stereocenters. The first-order chi connectivity index (χ1) is 16.5. The first-order valence-electron chi connectivity index (χ1n) is 10.7. The molecule has 2 aliphatic heterocycles. The second-order valence-corrected chi connectivity index (χ2v) is 9.97. The number of amidine groups is 2. The largest absolute Gasteiger partial charge is 0.493 e. The molecular weight excluding hydrogens is 492 g/mol. The van der Waals surface area contributed by atoms with Gasteiger partial charge in [0.1, 0.15) is 5.04 Å². The Morgan fingerprint density at radius 1 is 1.21 bits per heavy atom. The Bertz CT molecular complexity index is 1200. The number of hydrazone groups is 1. The number of nitrogens with one attached hydrogen (secondary N) is 1. The van der Waals surface area contributed by atoms with E-state index >= 15 is 0 Å². The molecule has 10 heteroatoms. The lowest BCUT2D eigenvalue weighted by Gasteiger charge is -2.20. The molecule has 7 nitrogen and oxygen atoms in total.